The fraction of sp³-hybridized carbons (Fsp3) is 0.371. The number of benzene rings is 2. The van der Waals surface area contributed by atoms with Gasteiger partial charge in [-0.1, -0.05) is 44.5 Å². The summed E-state index contributed by atoms with van der Waals surface area (Å²) in [5.74, 6) is 1.19. The second kappa shape index (κ2) is 15.0. The molecule has 13 nitrogen and oxygen atoms in total. The molecule has 13 heteroatoms. The number of para-hydroxylation sites is 1. The third-order valence-corrected chi connectivity index (χ3v) is 8.68. The molecule has 1 aliphatic rings. The normalized spacial score (nSPS) is 14.8. The van der Waals surface area contributed by atoms with Gasteiger partial charge in [0.1, 0.15) is 6.04 Å². The van der Waals surface area contributed by atoms with Gasteiger partial charge in [0.05, 0.1) is 45.3 Å². The van der Waals surface area contributed by atoms with Crippen LogP contribution in [0.25, 0.3) is 16.8 Å². The third kappa shape index (κ3) is 6.94. The highest BCUT2D eigenvalue weighted by molar-refractivity contribution is 5.86. The fourth-order valence-corrected chi connectivity index (χ4v) is 6.06. The number of nitrogens with one attached hydrogen (secondary N) is 3. The summed E-state index contributed by atoms with van der Waals surface area (Å²) < 4.78 is 18.7. The average Bonchev–Trinajstić information content (AvgIpc) is 3.45. The van der Waals surface area contributed by atoms with Gasteiger partial charge in [-0.05, 0) is 76.2 Å². The van der Waals surface area contributed by atoms with E-state index < -0.39 is 12.1 Å². The summed E-state index contributed by atoms with van der Waals surface area (Å²) in [6.07, 6.45) is 1.79. The van der Waals surface area contributed by atoms with Crippen molar-refractivity contribution in [2.75, 3.05) is 26.6 Å². The monoisotopic (exact) mass is 655 g/mol. The standard InChI is InChI=1S/C35H41N7O6/c1-7-20(2)32(35(45)36-19-30-39-40-41-42(30)23-11-9-8-10-12-23)38-27-16-14-24-25(18-28(27)44)26(37-21(3)43)15-13-22-17-29(46-4)33(47-5)34(48-6)31(22)24/h8-12,14,16-18,20,26,32H,7,13,15,19H2,1-6H3,(H,36,45)(H,37,43)(H,38,44). The molecule has 3 aromatic carbocycles. The Morgan fingerprint density at radius 2 is 1.77 bits per heavy atom. The third-order valence-electron chi connectivity index (χ3n) is 8.68. The molecule has 0 spiro atoms. The number of anilines is 1. The van der Waals surface area contributed by atoms with Crippen LogP contribution in [0.1, 0.15) is 56.6 Å². The van der Waals surface area contributed by atoms with Gasteiger partial charge in [-0.25, -0.2) is 0 Å². The van der Waals surface area contributed by atoms with E-state index in [1.54, 1.807) is 25.0 Å². The Morgan fingerprint density at radius 3 is 2.44 bits per heavy atom. The van der Waals surface area contributed by atoms with Crippen molar-refractivity contribution in [3.8, 4) is 34.1 Å². The maximum atomic E-state index is 13.9. The minimum Gasteiger partial charge on any atom is -0.493 e. The van der Waals surface area contributed by atoms with Crippen LogP contribution in [0.15, 0.2) is 59.4 Å². The topological polar surface area (TPSA) is 159 Å². The zero-order valence-corrected chi connectivity index (χ0v) is 28.0. The number of carbonyl (C=O) groups is 2. The summed E-state index contributed by atoms with van der Waals surface area (Å²) in [7, 11) is 4.65. The van der Waals surface area contributed by atoms with Gasteiger partial charge in [0.25, 0.3) is 0 Å². The first-order valence-corrected chi connectivity index (χ1v) is 15.8. The summed E-state index contributed by atoms with van der Waals surface area (Å²) in [6, 6.07) is 15.1. The number of fused-ring (bicyclic) bond motifs is 3. The zero-order valence-electron chi connectivity index (χ0n) is 28.0. The number of hydrogen-bond donors (Lipinski definition) is 3. The zero-order chi connectivity index (χ0) is 34.4. The van der Waals surface area contributed by atoms with E-state index in [0.717, 1.165) is 16.8 Å². The van der Waals surface area contributed by atoms with E-state index in [0.29, 0.717) is 53.5 Å². The lowest BCUT2D eigenvalue weighted by molar-refractivity contribution is -0.123. The maximum absolute atomic E-state index is 13.9. The molecular weight excluding hydrogens is 614 g/mol. The summed E-state index contributed by atoms with van der Waals surface area (Å²) in [5.41, 5.74) is 3.66. The molecule has 1 aliphatic carbocycles. The number of hydrogen-bond acceptors (Lipinski definition) is 10. The molecule has 0 fully saturated rings. The predicted octanol–water partition coefficient (Wildman–Crippen LogP) is 3.98. The fourth-order valence-electron chi connectivity index (χ4n) is 6.06. The van der Waals surface area contributed by atoms with Crippen molar-refractivity contribution in [2.45, 2.75) is 58.7 Å². The summed E-state index contributed by atoms with van der Waals surface area (Å²) in [4.78, 5) is 39.9. The molecule has 48 heavy (non-hydrogen) atoms. The van der Waals surface area contributed by atoms with Crippen molar-refractivity contribution in [1.82, 2.24) is 30.8 Å². The van der Waals surface area contributed by atoms with E-state index in [4.69, 9.17) is 14.2 Å². The van der Waals surface area contributed by atoms with Crippen molar-refractivity contribution < 1.29 is 23.8 Å². The quantitative estimate of drug-likeness (QED) is 0.204. The molecule has 2 amide bonds. The van der Waals surface area contributed by atoms with Crippen molar-refractivity contribution >= 4 is 17.5 Å². The molecule has 0 aliphatic heterocycles. The number of aromatic nitrogens is 4. The molecule has 0 bridgehead atoms. The van der Waals surface area contributed by atoms with Gasteiger partial charge in [-0.15, -0.1) is 5.10 Å². The molecule has 3 unspecified atom stereocenters. The Balaban J connectivity index is 1.53. The Hall–Kier alpha value is -5.46. The lowest BCUT2D eigenvalue weighted by atomic mass is 9.95. The highest BCUT2D eigenvalue weighted by Gasteiger charge is 2.30. The lowest BCUT2D eigenvalue weighted by Gasteiger charge is -2.24. The van der Waals surface area contributed by atoms with Crippen molar-refractivity contribution in [2.24, 2.45) is 5.92 Å². The molecule has 0 saturated heterocycles. The molecule has 1 heterocycles. The molecule has 0 saturated carbocycles. The summed E-state index contributed by atoms with van der Waals surface area (Å²) >= 11 is 0. The molecule has 5 rings (SSSR count). The Bertz CT molecular complexity index is 1850. The van der Waals surface area contributed by atoms with E-state index in [-0.39, 0.29) is 35.4 Å². The van der Waals surface area contributed by atoms with Crippen LogP contribution in [0.2, 0.25) is 0 Å². The van der Waals surface area contributed by atoms with E-state index in [1.807, 2.05) is 56.3 Å². The van der Waals surface area contributed by atoms with Gasteiger partial charge >= 0.3 is 0 Å². The maximum Gasteiger partial charge on any atom is 0.243 e. The van der Waals surface area contributed by atoms with Crippen molar-refractivity contribution in [3.05, 3.63) is 81.8 Å². The van der Waals surface area contributed by atoms with Crippen molar-refractivity contribution in [1.29, 1.82) is 0 Å². The van der Waals surface area contributed by atoms with Gasteiger partial charge < -0.3 is 30.2 Å². The SMILES string of the molecule is CCC(C)C(Nc1ccc2c(cc1=O)C(NC(C)=O)CCc1cc(OC)c(OC)c(OC)c1-2)C(=O)NCc1nnnn1-c1ccccc1. The molecular formula is C35H41N7O6. The number of aryl methyl sites for hydroxylation is 1. The van der Waals surface area contributed by atoms with Crippen molar-refractivity contribution in [3.63, 3.8) is 0 Å². The van der Waals surface area contributed by atoms with E-state index in [9.17, 15) is 14.4 Å². The first-order chi connectivity index (χ1) is 23.2. The summed E-state index contributed by atoms with van der Waals surface area (Å²) in [6.45, 7) is 5.46. The van der Waals surface area contributed by atoms with Crippen LogP contribution in [-0.2, 0) is 22.6 Å². The Labute approximate surface area is 279 Å². The predicted molar refractivity (Wildman–Crippen MR) is 181 cm³/mol. The van der Waals surface area contributed by atoms with E-state index in [2.05, 4.69) is 31.5 Å². The largest absolute Gasteiger partial charge is 0.493 e. The van der Waals surface area contributed by atoms with E-state index >= 15 is 0 Å². The highest BCUT2D eigenvalue weighted by Crippen LogP contribution is 2.50. The highest BCUT2D eigenvalue weighted by atomic mass is 16.5. The van der Waals surface area contributed by atoms with Crippen LogP contribution < -0.4 is 35.6 Å². The number of rotatable bonds is 12. The van der Waals surface area contributed by atoms with Crippen LogP contribution in [0.3, 0.4) is 0 Å². The van der Waals surface area contributed by atoms with Gasteiger partial charge in [0, 0.05) is 12.5 Å². The van der Waals surface area contributed by atoms with Gasteiger partial charge in [0.15, 0.2) is 17.3 Å². The number of nitrogens with zero attached hydrogens (tertiary/aromatic N) is 4. The first kappa shape index (κ1) is 33.9. The minimum absolute atomic E-state index is 0.0801. The Morgan fingerprint density at radius 1 is 1.02 bits per heavy atom. The van der Waals surface area contributed by atoms with Crippen LogP contribution in [0, 0.1) is 5.92 Å². The molecule has 252 valence electrons. The number of ether oxygens (including phenoxy) is 3. The second-order valence-corrected chi connectivity index (χ2v) is 11.7. The molecule has 3 N–H and O–H groups in total. The number of amides is 2. The van der Waals surface area contributed by atoms with Gasteiger partial charge in [-0.2, -0.15) is 4.68 Å². The lowest BCUT2D eigenvalue weighted by Crippen LogP contribution is -2.44. The van der Waals surface area contributed by atoms with Gasteiger partial charge in [0.2, 0.25) is 23.0 Å². The van der Waals surface area contributed by atoms with Crippen LogP contribution in [0.5, 0.6) is 17.2 Å². The number of tetrazole rings is 1. The number of methoxy groups -OCH3 is 3. The molecule has 0 radical (unpaired) electrons. The van der Waals surface area contributed by atoms with Gasteiger partial charge in [-0.3, -0.25) is 14.4 Å². The number of carbonyl (C=O) groups excluding carboxylic acids is 2. The second-order valence-electron chi connectivity index (χ2n) is 11.7. The van der Waals surface area contributed by atoms with Crippen LogP contribution in [0.4, 0.5) is 5.69 Å². The Kier molecular flexibility index (Phi) is 10.6. The smallest absolute Gasteiger partial charge is 0.243 e. The molecule has 4 aromatic rings. The minimum atomic E-state index is -0.747. The first-order valence-electron chi connectivity index (χ1n) is 15.8. The molecule has 3 atom stereocenters. The van der Waals surface area contributed by atoms with Crippen LogP contribution >= 0.6 is 0 Å². The summed E-state index contributed by atoms with van der Waals surface area (Å²) in [5, 5.41) is 21.1. The van der Waals surface area contributed by atoms with E-state index in [1.165, 1.54) is 20.1 Å². The van der Waals surface area contributed by atoms with Crippen LogP contribution in [-0.4, -0.2) is 59.4 Å². The molecule has 1 aromatic heterocycles. The average molecular weight is 656 g/mol.